The number of cyclic esters (lactones) is 1. The van der Waals surface area contributed by atoms with E-state index in [9.17, 15) is 42.0 Å². The molecular formula is C16H18N6O11S2. The third-order valence-electron chi connectivity index (χ3n) is 5.42. The van der Waals surface area contributed by atoms with E-state index in [1.165, 1.54) is 5.41 Å². The highest BCUT2D eigenvalue weighted by Crippen LogP contribution is 2.40. The second-order valence-electron chi connectivity index (χ2n) is 7.75. The van der Waals surface area contributed by atoms with Gasteiger partial charge < -0.3 is 31.0 Å². The van der Waals surface area contributed by atoms with Crippen LogP contribution in [-0.2, 0) is 39.1 Å². The van der Waals surface area contributed by atoms with Gasteiger partial charge in [-0.3, -0.25) is 18.9 Å². The first-order valence-electron chi connectivity index (χ1n) is 9.80. The maximum Gasteiger partial charge on any atom is 0.417 e. The topological polar surface area (TPSA) is 247 Å². The number of hydrogen-bond donors (Lipinski definition) is 5. The van der Waals surface area contributed by atoms with Gasteiger partial charge in [-0.15, -0.1) is 0 Å². The van der Waals surface area contributed by atoms with Crippen LogP contribution in [0.5, 0.6) is 0 Å². The SMILES string of the molecule is NC1NC(/C(=N/OC2(C(=O)O)CC2)C(=O)NC2C(=O)N(S(=O)(=O)O)C2CN2C(=O)COC2=O)=CS1. The first kappa shape index (κ1) is 24.7. The number of nitrogens with two attached hydrogens (primary N) is 1. The molecule has 0 radical (unpaired) electrons. The van der Waals surface area contributed by atoms with Crippen molar-refractivity contribution >= 4 is 57.6 Å². The molecule has 1 aliphatic carbocycles. The smallest absolute Gasteiger partial charge is 0.417 e. The molecule has 0 spiro atoms. The summed E-state index contributed by atoms with van der Waals surface area (Å²) in [6.45, 7) is -1.31. The number of carbonyl (C=O) groups is 5. The molecule has 0 bridgehead atoms. The monoisotopic (exact) mass is 534 g/mol. The molecule has 19 heteroatoms. The average molecular weight is 534 g/mol. The Hall–Kier alpha value is -3.42. The fourth-order valence-corrected chi connectivity index (χ4v) is 4.91. The number of ether oxygens (including phenoxy) is 1. The lowest BCUT2D eigenvalue weighted by Crippen LogP contribution is -2.74. The van der Waals surface area contributed by atoms with Crippen LogP contribution in [0.4, 0.5) is 4.79 Å². The van der Waals surface area contributed by atoms with Crippen molar-refractivity contribution in [3.05, 3.63) is 11.1 Å². The highest BCUT2D eigenvalue weighted by molar-refractivity contribution is 8.02. The summed E-state index contributed by atoms with van der Waals surface area (Å²) in [4.78, 5) is 66.0. The van der Waals surface area contributed by atoms with Crippen molar-refractivity contribution in [1.29, 1.82) is 0 Å². The summed E-state index contributed by atoms with van der Waals surface area (Å²) in [6, 6.07) is -3.18. The highest BCUT2D eigenvalue weighted by atomic mass is 32.2. The Balaban J connectivity index is 1.56. The zero-order valence-electron chi connectivity index (χ0n) is 17.4. The molecule has 4 amide bonds. The lowest BCUT2D eigenvalue weighted by atomic mass is 9.97. The van der Waals surface area contributed by atoms with Crippen LogP contribution in [0.2, 0.25) is 0 Å². The summed E-state index contributed by atoms with van der Waals surface area (Å²) in [5.41, 5.74) is 2.98. The fraction of sp³-hybridized carbons (Fsp3) is 0.500. The Bertz CT molecular complexity index is 1160. The molecule has 3 fully saturated rings. The Labute approximate surface area is 200 Å². The van der Waals surface area contributed by atoms with E-state index in [1.54, 1.807) is 0 Å². The molecule has 17 nitrogen and oxygen atoms in total. The number of rotatable bonds is 9. The van der Waals surface area contributed by atoms with Crippen molar-refractivity contribution in [2.45, 2.75) is 36.0 Å². The number of amides is 4. The third kappa shape index (κ3) is 4.61. The molecular weight excluding hydrogens is 516 g/mol. The van der Waals surface area contributed by atoms with Gasteiger partial charge in [0.25, 0.3) is 17.7 Å². The van der Waals surface area contributed by atoms with Crippen molar-refractivity contribution in [3.8, 4) is 0 Å². The molecule has 0 aromatic carbocycles. The van der Waals surface area contributed by atoms with Crippen LogP contribution in [0.3, 0.4) is 0 Å². The molecule has 4 rings (SSSR count). The van der Waals surface area contributed by atoms with Gasteiger partial charge in [-0.25, -0.2) is 18.8 Å². The summed E-state index contributed by atoms with van der Waals surface area (Å²) in [6.07, 6.45) is -0.804. The van der Waals surface area contributed by atoms with Gasteiger partial charge in [0.05, 0.1) is 18.3 Å². The maximum absolute atomic E-state index is 13.0. The molecule has 6 N–H and O–H groups in total. The predicted molar refractivity (Wildman–Crippen MR) is 112 cm³/mol. The number of nitrogens with zero attached hydrogens (tertiary/aromatic N) is 3. The van der Waals surface area contributed by atoms with Crippen LogP contribution in [0.15, 0.2) is 16.3 Å². The van der Waals surface area contributed by atoms with Crippen molar-refractivity contribution < 1.29 is 51.6 Å². The van der Waals surface area contributed by atoms with Crippen molar-refractivity contribution in [2.24, 2.45) is 10.9 Å². The second kappa shape index (κ2) is 8.66. The number of aliphatic carboxylic acids is 1. The van der Waals surface area contributed by atoms with Crippen LogP contribution < -0.4 is 16.4 Å². The van der Waals surface area contributed by atoms with Crippen LogP contribution in [0.1, 0.15) is 12.8 Å². The lowest BCUT2D eigenvalue weighted by Gasteiger charge is -2.44. The van der Waals surface area contributed by atoms with Gasteiger partial charge >= 0.3 is 22.4 Å². The van der Waals surface area contributed by atoms with E-state index in [0.29, 0.717) is 4.90 Å². The molecule has 3 atom stereocenters. The van der Waals surface area contributed by atoms with Crippen LogP contribution in [0, 0.1) is 0 Å². The molecule has 35 heavy (non-hydrogen) atoms. The van der Waals surface area contributed by atoms with Crippen molar-refractivity contribution in [1.82, 2.24) is 19.8 Å². The number of imide groups is 1. The van der Waals surface area contributed by atoms with Gasteiger partial charge in [0.2, 0.25) is 5.60 Å². The van der Waals surface area contributed by atoms with Gasteiger partial charge in [-0.05, 0) is 0 Å². The zero-order valence-corrected chi connectivity index (χ0v) is 19.1. The van der Waals surface area contributed by atoms with Gasteiger partial charge in [0.15, 0.2) is 12.3 Å². The number of β-lactam (4-membered cyclic amide) rings is 1. The minimum atomic E-state index is -5.11. The van der Waals surface area contributed by atoms with Crippen LogP contribution >= 0.6 is 11.8 Å². The van der Waals surface area contributed by atoms with Crippen LogP contribution in [0.25, 0.3) is 0 Å². The normalized spacial score (nSPS) is 27.6. The molecule has 190 valence electrons. The standard InChI is InChI=1S/C16H18N6O11S2/c17-14-18-6(5-34-14)9(20-33-16(1-2-16)13(26)27)11(24)19-10-7(22(12(10)25)35(29,30)31)3-21-8(23)4-32-15(21)28/h5,7,10,14,18H,1-4,17H2,(H,19,24)(H,26,27)(H,29,30,31)/b20-9-. The summed E-state index contributed by atoms with van der Waals surface area (Å²) >= 11 is 1.06. The van der Waals surface area contributed by atoms with E-state index in [4.69, 9.17) is 10.6 Å². The quantitative estimate of drug-likeness (QED) is 0.0849. The summed E-state index contributed by atoms with van der Waals surface area (Å²) in [5.74, 6) is -4.45. The van der Waals surface area contributed by atoms with E-state index in [-0.39, 0.29) is 22.8 Å². The Morgan fingerprint density at radius 1 is 1.37 bits per heavy atom. The minimum absolute atomic E-state index is 0.00656. The third-order valence-corrected chi connectivity index (χ3v) is 7.15. The van der Waals surface area contributed by atoms with E-state index in [1.807, 2.05) is 0 Å². The van der Waals surface area contributed by atoms with E-state index < -0.39 is 82.1 Å². The van der Waals surface area contributed by atoms with E-state index >= 15 is 0 Å². The van der Waals surface area contributed by atoms with Gasteiger partial charge in [-0.2, -0.15) is 8.42 Å². The number of thioether (sulfide) groups is 1. The largest absolute Gasteiger partial charge is 0.478 e. The predicted octanol–water partition coefficient (Wildman–Crippen LogP) is -3.13. The maximum atomic E-state index is 13.0. The zero-order chi connectivity index (χ0) is 25.7. The Kier molecular flexibility index (Phi) is 6.11. The molecule has 0 aromatic rings. The number of carboxylic acid groups (broad SMARTS) is 1. The summed E-state index contributed by atoms with van der Waals surface area (Å²) in [7, 11) is -5.11. The average Bonchev–Trinajstić information content (AvgIpc) is 3.35. The first-order chi connectivity index (χ1) is 16.3. The number of carboxylic acids is 1. The highest BCUT2D eigenvalue weighted by Gasteiger charge is 2.57. The fourth-order valence-electron chi connectivity index (χ4n) is 3.39. The van der Waals surface area contributed by atoms with E-state index in [0.717, 1.165) is 11.8 Å². The number of carbonyl (C=O) groups excluding carboxylic acids is 4. The molecule has 4 aliphatic rings. The molecule has 3 aliphatic heterocycles. The Morgan fingerprint density at radius 2 is 2.06 bits per heavy atom. The molecule has 3 unspecified atom stereocenters. The van der Waals surface area contributed by atoms with Gasteiger partial charge in [0.1, 0.15) is 11.5 Å². The van der Waals surface area contributed by atoms with Crippen molar-refractivity contribution in [3.63, 3.8) is 0 Å². The lowest BCUT2D eigenvalue weighted by molar-refractivity contribution is -0.153. The number of oxime groups is 1. The van der Waals surface area contributed by atoms with Crippen LogP contribution in [-0.4, -0.2) is 99.1 Å². The molecule has 1 saturated carbocycles. The number of hydrogen-bond acceptors (Lipinski definition) is 13. The minimum Gasteiger partial charge on any atom is -0.478 e. The van der Waals surface area contributed by atoms with Gasteiger partial charge in [0, 0.05) is 18.2 Å². The Morgan fingerprint density at radius 3 is 2.54 bits per heavy atom. The van der Waals surface area contributed by atoms with Crippen molar-refractivity contribution in [2.75, 3.05) is 13.2 Å². The van der Waals surface area contributed by atoms with E-state index in [2.05, 4.69) is 20.5 Å². The molecule has 3 heterocycles. The van der Waals surface area contributed by atoms with Gasteiger partial charge in [-0.1, -0.05) is 16.9 Å². The summed E-state index contributed by atoms with van der Waals surface area (Å²) < 4.78 is 37.3. The molecule has 2 saturated heterocycles. The molecule has 0 aromatic heterocycles. The number of nitrogens with one attached hydrogen (secondary N) is 2. The first-order valence-corrected chi connectivity index (χ1v) is 12.1. The summed E-state index contributed by atoms with van der Waals surface area (Å²) in [5, 5.41) is 19.2. The second-order valence-corrected chi connectivity index (χ2v) is 10.1.